The SMILES string of the molecule is N#CC1(C#N)CCc2ccc(cc2)CCC(C#N)(C#N)c2ccc1s2. The van der Waals surface area contributed by atoms with Gasteiger partial charge in [-0.15, -0.1) is 11.3 Å². The van der Waals surface area contributed by atoms with Gasteiger partial charge in [-0.1, -0.05) is 24.3 Å². The molecule has 4 rings (SSSR count). The van der Waals surface area contributed by atoms with E-state index in [1.165, 1.54) is 11.3 Å². The summed E-state index contributed by atoms with van der Waals surface area (Å²) in [6, 6.07) is 20.1. The lowest BCUT2D eigenvalue weighted by Crippen LogP contribution is -2.22. The van der Waals surface area contributed by atoms with Crippen LogP contribution >= 0.6 is 11.3 Å². The van der Waals surface area contributed by atoms with Crippen LogP contribution in [0.3, 0.4) is 0 Å². The summed E-state index contributed by atoms with van der Waals surface area (Å²) in [7, 11) is 0. The first-order valence-corrected chi connectivity index (χ1v) is 8.77. The van der Waals surface area contributed by atoms with Crippen molar-refractivity contribution in [2.24, 2.45) is 0 Å². The minimum Gasteiger partial charge on any atom is -0.196 e. The number of hydrogen-bond donors (Lipinski definition) is 0. The number of rotatable bonds is 0. The third-order valence-electron chi connectivity index (χ3n) is 4.81. The Morgan fingerprint density at radius 1 is 0.640 bits per heavy atom. The molecule has 0 saturated heterocycles. The number of nitrogens with zero attached hydrogens (tertiary/aromatic N) is 4. The quantitative estimate of drug-likeness (QED) is 0.725. The fraction of sp³-hybridized carbons (Fsp3) is 0.300. The van der Waals surface area contributed by atoms with Gasteiger partial charge in [-0.25, -0.2) is 0 Å². The van der Waals surface area contributed by atoms with Gasteiger partial charge in [0.2, 0.25) is 0 Å². The van der Waals surface area contributed by atoms with Crippen molar-refractivity contribution in [2.45, 2.75) is 36.5 Å². The first kappa shape index (κ1) is 16.7. The molecule has 0 atom stereocenters. The van der Waals surface area contributed by atoms with Crippen LogP contribution in [0.25, 0.3) is 0 Å². The largest absolute Gasteiger partial charge is 0.196 e. The predicted octanol–water partition coefficient (Wildman–Crippen LogP) is 3.90. The Kier molecular flexibility index (Phi) is 4.29. The zero-order valence-corrected chi connectivity index (χ0v) is 14.3. The third-order valence-corrected chi connectivity index (χ3v) is 6.22. The molecule has 2 aliphatic heterocycles. The summed E-state index contributed by atoms with van der Waals surface area (Å²) in [4.78, 5) is 1.22. The number of aryl methyl sites for hydroxylation is 2. The van der Waals surface area contributed by atoms with Crippen molar-refractivity contribution in [1.82, 2.24) is 0 Å². The monoisotopic (exact) mass is 342 g/mol. The lowest BCUT2D eigenvalue weighted by Gasteiger charge is -2.18. The topological polar surface area (TPSA) is 95.2 Å². The Balaban J connectivity index is 2.19. The van der Waals surface area contributed by atoms with E-state index in [1.807, 2.05) is 24.3 Å². The molecule has 1 aromatic carbocycles. The van der Waals surface area contributed by atoms with Crippen molar-refractivity contribution < 1.29 is 0 Å². The smallest absolute Gasteiger partial charge is 0.178 e. The third kappa shape index (κ3) is 2.77. The number of benzene rings is 1. The molecule has 4 bridgehead atoms. The summed E-state index contributed by atoms with van der Waals surface area (Å²) in [5, 5.41) is 38.8. The van der Waals surface area contributed by atoms with E-state index in [1.54, 1.807) is 12.1 Å². The maximum absolute atomic E-state index is 9.71. The standard InChI is InChI=1S/C20H14N4S/c21-11-19(12-22)9-7-15-1-2-16(4-3-15)8-10-20(13-23,14-24)18-6-5-17(19)25-18/h1-6H,7-10H2. The molecule has 0 saturated carbocycles. The van der Waals surface area contributed by atoms with E-state index < -0.39 is 10.8 Å². The number of thiophene rings is 1. The van der Waals surface area contributed by atoms with Crippen LogP contribution in [0.2, 0.25) is 0 Å². The molecule has 0 unspecified atom stereocenters. The number of fused-ring (bicyclic) bond motifs is 6. The lowest BCUT2D eigenvalue weighted by atomic mass is 9.81. The molecule has 3 heterocycles. The van der Waals surface area contributed by atoms with Crippen molar-refractivity contribution in [3.63, 3.8) is 0 Å². The van der Waals surface area contributed by atoms with Crippen molar-refractivity contribution in [1.29, 1.82) is 21.0 Å². The van der Waals surface area contributed by atoms with Gasteiger partial charge < -0.3 is 0 Å². The normalized spacial score (nSPS) is 17.4. The van der Waals surface area contributed by atoms with Crippen LogP contribution in [0, 0.1) is 45.3 Å². The van der Waals surface area contributed by atoms with E-state index in [2.05, 4.69) is 24.3 Å². The van der Waals surface area contributed by atoms with E-state index in [-0.39, 0.29) is 0 Å². The molecule has 25 heavy (non-hydrogen) atoms. The Morgan fingerprint density at radius 2 is 1.00 bits per heavy atom. The Bertz CT molecular complexity index is 852. The van der Waals surface area contributed by atoms with Crippen molar-refractivity contribution in [2.75, 3.05) is 0 Å². The lowest BCUT2D eigenvalue weighted by molar-refractivity contribution is 0.635. The first-order chi connectivity index (χ1) is 12.1. The highest BCUT2D eigenvalue weighted by atomic mass is 32.1. The highest BCUT2D eigenvalue weighted by molar-refractivity contribution is 7.12. The van der Waals surface area contributed by atoms with E-state index in [9.17, 15) is 21.0 Å². The molecule has 5 heteroatoms. The van der Waals surface area contributed by atoms with Gasteiger partial charge >= 0.3 is 0 Å². The number of nitriles is 4. The highest BCUT2D eigenvalue weighted by Crippen LogP contribution is 2.40. The molecule has 0 amide bonds. The molecular weight excluding hydrogens is 328 g/mol. The minimum atomic E-state index is -1.26. The average molecular weight is 342 g/mol. The Labute approximate surface area is 150 Å². The summed E-state index contributed by atoms with van der Waals surface area (Å²) >= 11 is 1.24. The fourth-order valence-corrected chi connectivity index (χ4v) is 4.32. The van der Waals surface area contributed by atoms with Crippen LogP contribution in [0.5, 0.6) is 0 Å². The zero-order valence-electron chi connectivity index (χ0n) is 13.5. The van der Waals surface area contributed by atoms with Gasteiger partial charge in [0.25, 0.3) is 0 Å². The van der Waals surface area contributed by atoms with Crippen molar-refractivity contribution >= 4 is 11.3 Å². The molecule has 0 fully saturated rings. The molecule has 0 aliphatic carbocycles. The van der Waals surface area contributed by atoms with Gasteiger partial charge in [-0.2, -0.15) is 21.0 Å². The van der Waals surface area contributed by atoms with Gasteiger partial charge in [-0.3, -0.25) is 0 Å². The minimum absolute atomic E-state index is 0.380. The van der Waals surface area contributed by atoms with E-state index in [0.717, 1.165) is 11.1 Å². The molecule has 2 aliphatic rings. The van der Waals surface area contributed by atoms with Crippen LogP contribution in [0.1, 0.15) is 33.7 Å². The van der Waals surface area contributed by atoms with Crippen LogP contribution in [-0.2, 0) is 23.7 Å². The summed E-state index contributed by atoms with van der Waals surface area (Å²) in [6.07, 6.45) is 2.00. The molecular formula is C20H14N4S. The van der Waals surface area contributed by atoms with Crippen LogP contribution in [0.4, 0.5) is 0 Å². The zero-order chi connectivity index (χ0) is 17.9. The van der Waals surface area contributed by atoms with Gasteiger partial charge in [0.15, 0.2) is 10.8 Å². The summed E-state index contributed by atoms with van der Waals surface area (Å²) in [6.45, 7) is 0. The second kappa shape index (κ2) is 6.41. The fourth-order valence-electron chi connectivity index (χ4n) is 3.07. The molecule has 0 N–H and O–H groups in total. The van der Waals surface area contributed by atoms with Crippen molar-refractivity contribution in [3.05, 3.63) is 57.3 Å². The van der Waals surface area contributed by atoms with Gasteiger partial charge in [0.1, 0.15) is 0 Å². The van der Waals surface area contributed by atoms with E-state index in [4.69, 9.17) is 0 Å². The van der Waals surface area contributed by atoms with E-state index in [0.29, 0.717) is 35.4 Å². The van der Waals surface area contributed by atoms with Crippen LogP contribution in [-0.4, -0.2) is 0 Å². The summed E-state index contributed by atoms with van der Waals surface area (Å²) < 4.78 is 0. The van der Waals surface area contributed by atoms with Crippen LogP contribution in [0.15, 0.2) is 36.4 Å². The molecule has 4 nitrogen and oxygen atoms in total. The molecule has 1 aromatic heterocycles. The second-order valence-corrected chi connectivity index (χ2v) is 7.32. The van der Waals surface area contributed by atoms with Crippen molar-refractivity contribution in [3.8, 4) is 24.3 Å². The maximum Gasteiger partial charge on any atom is 0.178 e. The Hall–Kier alpha value is -3.12. The summed E-state index contributed by atoms with van der Waals surface area (Å²) in [5.74, 6) is 0. The average Bonchev–Trinajstić information content (AvgIpc) is 3.16. The van der Waals surface area contributed by atoms with Crippen LogP contribution < -0.4 is 0 Å². The van der Waals surface area contributed by atoms with Gasteiger partial charge in [0.05, 0.1) is 24.3 Å². The van der Waals surface area contributed by atoms with Gasteiger partial charge in [-0.05, 0) is 48.9 Å². The first-order valence-electron chi connectivity index (χ1n) is 7.95. The molecule has 2 aromatic rings. The van der Waals surface area contributed by atoms with Gasteiger partial charge in [0, 0.05) is 9.75 Å². The number of hydrogen-bond acceptors (Lipinski definition) is 5. The maximum atomic E-state index is 9.71. The molecule has 120 valence electrons. The second-order valence-electron chi connectivity index (χ2n) is 6.24. The summed E-state index contributed by atoms with van der Waals surface area (Å²) in [5.41, 5.74) is -0.374. The molecule has 0 radical (unpaired) electrons. The Morgan fingerprint density at radius 3 is 1.32 bits per heavy atom. The van der Waals surface area contributed by atoms with E-state index >= 15 is 0 Å². The molecule has 0 spiro atoms. The highest BCUT2D eigenvalue weighted by Gasteiger charge is 2.39. The predicted molar refractivity (Wildman–Crippen MR) is 93.2 cm³/mol.